The fourth-order valence-corrected chi connectivity index (χ4v) is 4.20. The van der Waals surface area contributed by atoms with Crippen LogP contribution in [0.25, 0.3) is 0 Å². The number of carbonyl (C=O) groups is 1. The van der Waals surface area contributed by atoms with E-state index in [0.29, 0.717) is 17.9 Å². The van der Waals surface area contributed by atoms with Gasteiger partial charge in [0, 0.05) is 18.8 Å². The van der Waals surface area contributed by atoms with E-state index in [2.05, 4.69) is 15.0 Å². The number of benzene rings is 2. The van der Waals surface area contributed by atoms with Crippen molar-refractivity contribution in [2.45, 2.75) is 18.2 Å². The third kappa shape index (κ3) is 5.58. The molecule has 2 aromatic carbocycles. The molecule has 1 amide bonds. The molecule has 0 saturated heterocycles. The van der Waals surface area contributed by atoms with E-state index in [4.69, 9.17) is 4.74 Å². The van der Waals surface area contributed by atoms with Gasteiger partial charge in [-0.25, -0.2) is 12.8 Å². The standard InChI is InChI=1S/C22H22FN3O4S/c1-2-30-20-12-13-24-15-19(20)26-31(28,29)21-10-6-4-8-17(21)22(27)25-14-11-16-7-3-5-9-18(16)23/h3-10,12-13,15,26H,2,11,14H2,1H3,(H,25,27). The smallest absolute Gasteiger partial charge is 0.262 e. The number of nitrogens with one attached hydrogen (secondary N) is 2. The zero-order valence-corrected chi connectivity index (χ0v) is 17.7. The summed E-state index contributed by atoms with van der Waals surface area (Å²) in [4.78, 5) is 16.4. The molecule has 3 rings (SSSR count). The molecule has 1 heterocycles. The molecule has 3 aromatic rings. The fraction of sp³-hybridized carbons (Fsp3) is 0.182. The normalized spacial score (nSPS) is 11.0. The summed E-state index contributed by atoms with van der Waals surface area (Å²) in [5.41, 5.74) is 0.606. The van der Waals surface area contributed by atoms with Crippen molar-refractivity contribution in [2.24, 2.45) is 0 Å². The number of hydrogen-bond donors (Lipinski definition) is 2. The van der Waals surface area contributed by atoms with Crippen LogP contribution in [0.2, 0.25) is 0 Å². The van der Waals surface area contributed by atoms with Gasteiger partial charge in [0.15, 0.2) is 0 Å². The molecule has 0 aliphatic rings. The Morgan fingerprint density at radius 1 is 1.10 bits per heavy atom. The van der Waals surface area contributed by atoms with E-state index >= 15 is 0 Å². The Hall–Kier alpha value is -3.46. The molecule has 0 aliphatic carbocycles. The first kappa shape index (κ1) is 22.2. The van der Waals surface area contributed by atoms with Crippen molar-refractivity contribution in [2.75, 3.05) is 17.9 Å². The average molecular weight is 444 g/mol. The van der Waals surface area contributed by atoms with E-state index in [1.807, 2.05) is 0 Å². The number of nitrogens with zero attached hydrogens (tertiary/aromatic N) is 1. The number of ether oxygens (including phenoxy) is 1. The van der Waals surface area contributed by atoms with Crippen molar-refractivity contribution in [3.63, 3.8) is 0 Å². The molecule has 0 radical (unpaired) electrons. The molecule has 0 spiro atoms. The first-order valence-corrected chi connectivity index (χ1v) is 11.1. The van der Waals surface area contributed by atoms with Crippen LogP contribution in [0, 0.1) is 5.82 Å². The predicted molar refractivity (Wildman–Crippen MR) is 115 cm³/mol. The number of sulfonamides is 1. The van der Waals surface area contributed by atoms with Crippen LogP contribution in [-0.2, 0) is 16.4 Å². The summed E-state index contributed by atoms with van der Waals surface area (Å²) in [6, 6.07) is 13.7. The molecule has 0 fully saturated rings. The van der Waals surface area contributed by atoms with Crippen LogP contribution in [0.5, 0.6) is 5.75 Å². The van der Waals surface area contributed by atoms with Crippen molar-refractivity contribution >= 4 is 21.6 Å². The van der Waals surface area contributed by atoms with Gasteiger partial charge in [-0.3, -0.25) is 14.5 Å². The van der Waals surface area contributed by atoms with Gasteiger partial charge in [-0.1, -0.05) is 30.3 Å². The highest BCUT2D eigenvalue weighted by Crippen LogP contribution is 2.26. The van der Waals surface area contributed by atoms with Gasteiger partial charge < -0.3 is 10.1 Å². The molecule has 0 unspecified atom stereocenters. The number of amides is 1. The average Bonchev–Trinajstić information content (AvgIpc) is 2.76. The van der Waals surface area contributed by atoms with Crippen molar-refractivity contribution < 1.29 is 22.3 Å². The summed E-state index contributed by atoms with van der Waals surface area (Å²) in [5, 5.41) is 2.65. The van der Waals surface area contributed by atoms with Crippen molar-refractivity contribution in [3.05, 3.63) is 83.9 Å². The van der Waals surface area contributed by atoms with Gasteiger partial charge in [0.05, 0.1) is 18.4 Å². The Balaban J connectivity index is 1.77. The van der Waals surface area contributed by atoms with Crippen molar-refractivity contribution in [3.8, 4) is 5.75 Å². The van der Waals surface area contributed by atoms with Crippen LogP contribution < -0.4 is 14.8 Å². The third-order valence-corrected chi connectivity index (χ3v) is 5.81. The first-order chi connectivity index (χ1) is 14.9. The largest absolute Gasteiger partial charge is 0.492 e. The van der Waals surface area contributed by atoms with Crippen molar-refractivity contribution in [1.29, 1.82) is 0 Å². The molecule has 31 heavy (non-hydrogen) atoms. The molecule has 0 saturated carbocycles. The second-order valence-corrected chi connectivity index (χ2v) is 8.15. The number of hydrogen-bond acceptors (Lipinski definition) is 5. The van der Waals surface area contributed by atoms with Gasteiger partial charge in [-0.05, 0) is 37.1 Å². The highest BCUT2D eigenvalue weighted by Gasteiger charge is 2.23. The molecular formula is C22H22FN3O4S. The number of halogens is 1. The number of pyridine rings is 1. The highest BCUT2D eigenvalue weighted by atomic mass is 32.2. The number of rotatable bonds is 9. The molecule has 1 aromatic heterocycles. The van der Waals surface area contributed by atoms with E-state index in [1.54, 1.807) is 37.3 Å². The molecular weight excluding hydrogens is 421 g/mol. The Kier molecular flexibility index (Phi) is 7.19. The Labute approximate surface area is 180 Å². The highest BCUT2D eigenvalue weighted by molar-refractivity contribution is 7.92. The van der Waals surface area contributed by atoms with Gasteiger partial charge in [0.25, 0.3) is 15.9 Å². The summed E-state index contributed by atoms with van der Waals surface area (Å²) in [6.07, 6.45) is 3.10. The van der Waals surface area contributed by atoms with Crippen LogP contribution in [0.15, 0.2) is 71.9 Å². The summed E-state index contributed by atoms with van der Waals surface area (Å²) in [7, 11) is -4.10. The summed E-state index contributed by atoms with van der Waals surface area (Å²) < 4.78 is 47.6. The van der Waals surface area contributed by atoms with E-state index in [0.717, 1.165) is 0 Å². The van der Waals surface area contributed by atoms with Crippen LogP contribution in [0.1, 0.15) is 22.8 Å². The number of anilines is 1. The van der Waals surface area contributed by atoms with Crippen LogP contribution in [-0.4, -0.2) is 32.5 Å². The van der Waals surface area contributed by atoms with Crippen molar-refractivity contribution in [1.82, 2.24) is 10.3 Å². The lowest BCUT2D eigenvalue weighted by Gasteiger charge is -2.14. The molecule has 0 aliphatic heterocycles. The maximum absolute atomic E-state index is 13.7. The predicted octanol–water partition coefficient (Wildman–Crippen LogP) is 3.39. The van der Waals surface area contributed by atoms with Crippen LogP contribution >= 0.6 is 0 Å². The molecule has 9 heteroatoms. The lowest BCUT2D eigenvalue weighted by Crippen LogP contribution is -2.28. The SMILES string of the molecule is CCOc1ccncc1NS(=O)(=O)c1ccccc1C(=O)NCCc1ccccc1F. The molecule has 7 nitrogen and oxygen atoms in total. The lowest BCUT2D eigenvalue weighted by atomic mass is 10.1. The lowest BCUT2D eigenvalue weighted by molar-refractivity contribution is 0.0950. The topological polar surface area (TPSA) is 97.4 Å². The van der Waals surface area contributed by atoms with Crippen LogP contribution in [0.4, 0.5) is 10.1 Å². The van der Waals surface area contributed by atoms with Gasteiger partial charge in [-0.15, -0.1) is 0 Å². The minimum atomic E-state index is -4.10. The third-order valence-electron chi connectivity index (χ3n) is 4.38. The fourth-order valence-electron chi connectivity index (χ4n) is 2.94. The maximum atomic E-state index is 13.7. The zero-order chi connectivity index (χ0) is 22.3. The Morgan fingerprint density at radius 3 is 2.61 bits per heavy atom. The maximum Gasteiger partial charge on any atom is 0.262 e. The number of aromatic nitrogens is 1. The number of carbonyl (C=O) groups excluding carboxylic acids is 1. The molecule has 0 atom stereocenters. The van der Waals surface area contributed by atoms with Gasteiger partial charge in [-0.2, -0.15) is 0 Å². The quantitative estimate of drug-likeness (QED) is 0.528. The first-order valence-electron chi connectivity index (χ1n) is 9.62. The van der Waals surface area contributed by atoms with E-state index in [-0.39, 0.29) is 34.9 Å². The monoisotopic (exact) mass is 443 g/mol. The summed E-state index contributed by atoms with van der Waals surface area (Å²) in [5.74, 6) is -0.605. The van der Waals surface area contributed by atoms with E-state index in [1.165, 1.54) is 36.7 Å². The summed E-state index contributed by atoms with van der Waals surface area (Å²) >= 11 is 0. The van der Waals surface area contributed by atoms with E-state index in [9.17, 15) is 17.6 Å². The van der Waals surface area contributed by atoms with Gasteiger partial charge in [0.1, 0.15) is 22.1 Å². The zero-order valence-electron chi connectivity index (χ0n) is 16.8. The Bertz CT molecular complexity index is 1170. The minimum absolute atomic E-state index is 0.0228. The van der Waals surface area contributed by atoms with E-state index < -0.39 is 15.9 Å². The Morgan fingerprint density at radius 2 is 1.84 bits per heavy atom. The van der Waals surface area contributed by atoms with Crippen LogP contribution in [0.3, 0.4) is 0 Å². The summed E-state index contributed by atoms with van der Waals surface area (Å²) in [6.45, 7) is 2.28. The molecule has 0 bridgehead atoms. The second kappa shape index (κ2) is 10.0. The molecule has 2 N–H and O–H groups in total. The minimum Gasteiger partial charge on any atom is -0.492 e. The van der Waals surface area contributed by atoms with Gasteiger partial charge in [0.2, 0.25) is 0 Å². The second-order valence-electron chi connectivity index (χ2n) is 6.50. The van der Waals surface area contributed by atoms with Gasteiger partial charge >= 0.3 is 0 Å². The molecule has 162 valence electrons.